The Labute approximate surface area is 101 Å². The van der Waals surface area contributed by atoms with E-state index < -0.39 is 9.84 Å². The fourth-order valence-corrected chi connectivity index (χ4v) is 2.47. The largest absolute Gasteiger partial charge is 0.399 e. The molecule has 0 heterocycles. The molecule has 0 saturated heterocycles. The van der Waals surface area contributed by atoms with Gasteiger partial charge >= 0.3 is 0 Å². The summed E-state index contributed by atoms with van der Waals surface area (Å²) in [6.07, 6.45) is -0.0142. The lowest BCUT2D eigenvalue weighted by Gasteiger charge is -2.10. The number of rotatable bonds is 4. The average Bonchev–Trinajstić information content (AvgIpc) is 2.26. The highest BCUT2D eigenvalue weighted by Crippen LogP contribution is 2.14. The first kappa shape index (κ1) is 13.5. The highest BCUT2D eigenvalue weighted by atomic mass is 32.2. The van der Waals surface area contributed by atoms with Crippen LogP contribution < -0.4 is 5.73 Å². The maximum Gasteiger partial charge on any atom is 0.223 e. The summed E-state index contributed by atoms with van der Waals surface area (Å²) in [7, 11) is -0.218. The number of sulfone groups is 1. The lowest BCUT2D eigenvalue weighted by Crippen LogP contribution is -2.24. The van der Waals surface area contributed by atoms with Crippen LogP contribution in [0.15, 0.2) is 29.2 Å². The molecule has 6 heteroatoms. The van der Waals surface area contributed by atoms with Crippen molar-refractivity contribution in [1.82, 2.24) is 4.90 Å². The molecule has 0 saturated carbocycles. The quantitative estimate of drug-likeness (QED) is 0.796. The number of benzene rings is 1. The monoisotopic (exact) mass is 256 g/mol. The van der Waals surface area contributed by atoms with Crippen molar-refractivity contribution in [2.24, 2.45) is 0 Å². The predicted molar refractivity (Wildman–Crippen MR) is 66.2 cm³/mol. The Bertz CT molecular complexity index is 492. The van der Waals surface area contributed by atoms with Gasteiger partial charge in [-0.3, -0.25) is 4.79 Å². The summed E-state index contributed by atoms with van der Waals surface area (Å²) in [5.74, 6) is -0.391. The van der Waals surface area contributed by atoms with E-state index in [1.165, 1.54) is 29.2 Å². The highest BCUT2D eigenvalue weighted by Gasteiger charge is 2.16. The Morgan fingerprint density at radius 2 is 1.76 bits per heavy atom. The zero-order valence-electron chi connectivity index (χ0n) is 9.88. The standard InChI is InChI=1S/C11H16N2O3S/c1-13(2)11(14)7-8-17(15,16)10-5-3-9(12)4-6-10/h3-6H,7-8,12H2,1-2H3. The minimum absolute atomic E-state index is 0.0142. The van der Waals surface area contributed by atoms with Crippen molar-refractivity contribution in [3.05, 3.63) is 24.3 Å². The van der Waals surface area contributed by atoms with Gasteiger partial charge in [0.15, 0.2) is 9.84 Å². The van der Waals surface area contributed by atoms with E-state index in [1.54, 1.807) is 14.1 Å². The number of carbonyl (C=O) groups excluding carboxylic acids is 1. The third-order valence-corrected chi connectivity index (χ3v) is 4.05. The Hall–Kier alpha value is -1.56. The van der Waals surface area contributed by atoms with Crippen molar-refractivity contribution in [2.75, 3.05) is 25.6 Å². The Balaban J connectivity index is 2.76. The average molecular weight is 256 g/mol. The van der Waals surface area contributed by atoms with Gasteiger partial charge in [-0.25, -0.2) is 8.42 Å². The van der Waals surface area contributed by atoms with Gasteiger partial charge in [0.1, 0.15) is 0 Å². The minimum Gasteiger partial charge on any atom is -0.399 e. The van der Waals surface area contributed by atoms with Crippen LogP contribution in [-0.2, 0) is 14.6 Å². The molecule has 0 aliphatic heterocycles. The summed E-state index contributed by atoms with van der Waals surface area (Å²) in [6, 6.07) is 5.96. The molecule has 1 aromatic carbocycles. The SMILES string of the molecule is CN(C)C(=O)CCS(=O)(=O)c1ccc(N)cc1. The lowest BCUT2D eigenvalue weighted by atomic mass is 10.3. The van der Waals surface area contributed by atoms with Crippen molar-refractivity contribution >= 4 is 21.4 Å². The molecule has 1 amide bonds. The number of nitrogen functional groups attached to an aromatic ring is 1. The summed E-state index contributed by atoms with van der Waals surface area (Å²) in [4.78, 5) is 12.9. The molecule has 17 heavy (non-hydrogen) atoms. The molecule has 0 aromatic heterocycles. The molecule has 94 valence electrons. The van der Waals surface area contributed by atoms with Crippen LogP contribution in [-0.4, -0.2) is 39.1 Å². The third kappa shape index (κ3) is 3.74. The molecule has 0 unspecified atom stereocenters. The van der Waals surface area contributed by atoms with Crippen molar-refractivity contribution in [1.29, 1.82) is 0 Å². The number of nitrogens with two attached hydrogens (primary N) is 1. The van der Waals surface area contributed by atoms with E-state index in [9.17, 15) is 13.2 Å². The van der Waals surface area contributed by atoms with E-state index in [4.69, 9.17) is 5.73 Å². The van der Waals surface area contributed by atoms with Crippen molar-refractivity contribution in [3.8, 4) is 0 Å². The fraction of sp³-hybridized carbons (Fsp3) is 0.364. The molecule has 0 radical (unpaired) electrons. The summed E-state index contributed by atoms with van der Waals surface area (Å²) in [5, 5.41) is 0. The first-order valence-electron chi connectivity index (χ1n) is 5.11. The summed E-state index contributed by atoms with van der Waals surface area (Å²) in [5.41, 5.74) is 5.98. The van der Waals surface area contributed by atoms with Crippen LogP contribution in [0.1, 0.15) is 6.42 Å². The smallest absolute Gasteiger partial charge is 0.223 e. The first-order chi connectivity index (χ1) is 7.83. The topological polar surface area (TPSA) is 80.5 Å². The third-order valence-electron chi connectivity index (χ3n) is 2.32. The van der Waals surface area contributed by atoms with E-state index in [-0.39, 0.29) is 23.0 Å². The molecule has 1 rings (SSSR count). The Morgan fingerprint density at radius 3 is 2.24 bits per heavy atom. The Morgan fingerprint density at radius 1 is 1.24 bits per heavy atom. The number of nitrogens with zero attached hydrogens (tertiary/aromatic N) is 1. The second-order valence-electron chi connectivity index (χ2n) is 3.93. The number of hydrogen-bond donors (Lipinski definition) is 1. The van der Waals surface area contributed by atoms with Gasteiger partial charge < -0.3 is 10.6 Å². The van der Waals surface area contributed by atoms with E-state index in [2.05, 4.69) is 0 Å². The normalized spacial score (nSPS) is 11.2. The molecule has 1 aromatic rings. The maximum absolute atomic E-state index is 11.9. The van der Waals surface area contributed by atoms with E-state index in [0.29, 0.717) is 5.69 Å². The van der Waals surface area contributed by atoms with Gasteiger partial charge in [0.05, 0.1) is 10.6 Å². The van der Waals surface area contributed by atoms with Gasteiger partial charge in [-0.15, -0.1) is 0 Å². The summed E-state index contributed by atoms with van der Waals surface area (Å²) < 4.78 is 23.7. The van der Waals surface area contributed by atoms with Gasteiger partial charge in [0.25, 0.3) is 0 Å². The van der Waals surface area contributed by atoms with Crippen LogP contribution in [0.3, 0.4) is 0 Å². The maximum atomic E-state index is 11.9. The van der Waals surface area contributed by atoms with Crippen molar-refractivity contribution < 1.29 is 13.2 Å². The first-order valence-corrected chi connectivity index (χ1v) is 6.76. The zero-order valence-corrected chi connectivity index (χ0v) is 10.7. The number of amides is 1. The minimum atomic E-state index is -3.41. The molecule has 0 atom stereocenters. The van der Waals surface area contributed by atoms with Gasteiger partial charge in [0.2, 0.25) is 5.91 Å². The molecule has 5 nitrogen and oxygen atoms in total. The van der Waals surface area contributed by atoms with Crippen LogP contribution >= 0.6 is 0 Å². The molecular weight excluding hydrogens is 240 g/mol. The molecule has 2 N–H and O–H groups in total. The lowest BCUT2D eigenvalue weighted by molar-refractivity contribution is -0.128. The van der Waals surface area contributed by atoms with E-state index >= 15 is 0 Å². The highest BCUT2D eigenvalue weighted by molar-refractivity contribution is 7.91. The second kappa shape index (κ2) is 5.18. The Kier molecular flexibility index (Phi) is 4.11. The molecule has 0 bridgehead atoms. The van der Waals surface area contributed by atoms with Gasteiger partial charge in [-0.2, -0.15) is 0 Å². The zero-order chi connectivity index (χ0) is 13.1. The summed E-state index contributed by atoms with van der Waals surface area (Å²) >= 11 is 0. The second-order valence-corrected chi connectivity index (χ2v) is 6.04. The van der Waals surface area contributed by atoms with E-state index in [1.807, 2.05) is 0 Å². The number of hydrogen-bond acceptors (Lipinski definition) is 4. The van der Waals surface area contributed by atoms with Crippen LogP contribution in [0.5, 0.6) is 0 Å². The van der Waals surface area contributed by atoms with Gasteiger partial charge in [0, 0.05) is 26.2 Å². The van der Waals surface area contributed by atoms with Gasteiger partial charge in [-0.1, -0.05) is 0 Å². The van der Waals surface area contributed by atoms with Crippen LogP contribution in [0.4, 0.5) is 5.69 Å². The summed E-state index contributed by atoms with van der Waals surface area (Å²) in [6.45, 7) is 0. The van der Waals surface area contributed by atoms with Crippen molar-refractivity contribution in [3.63, 3.8) is 0 Å². The molecule has 0 spiro atoms. The molecule has 0 fully saturated rings. The van der Waals surface area contributed by atoms with Crippen LogP contribution in [0.25, 0.3) is 0 Å². The fourth-order valence-electron chi connectivity index (χ4n) is 1.24. The molecule has 0 aliphatic carbocycles. The van der Waals surface area contributed by atoms with Crippen LogP contribution in [0, 0.1) is 0 Å². The molecular formula is C11H16N2O3S. The number of anilines is 1. The van der Waals surface area contributed by atoms with Gasteiger partial charge in [-0.05, 0) is 24.3 Å². The number of carbonyl (C=O) groups is 1. The van der Waals surface area contributed by atoms with E-state index in [0.717, 1.165) is 0 Å². The predicted octanol–water partition coefficient (Wildman–Crippen LogP) is 0.521. The van der Waals surface area contributed by atoms with Crippen molar-refractivity contribution in [2.45, 2.75) is 11.3 Å². The molecule has 0 aliphatic rings. The van der Waals surface area contributed by atoms with Crippen LogP contribution in [0.2, 0.25) is 0 Å².